The van der Waals surface area contributed by atoms with Gasteiger partial charge in [0.1, 0.15) is 0 Å². The normalized spacial score (nSPS) is 15.3. The zero-order chi connectivity index (χ0) is 15.5. The van der Waals surface area contributed by atoms with Crippen LogP contribution in [0.2, 0.25) is 0 Å². The van der Waals surface area contributed by atoms with Crippen molar-refractivity contribution in [1.82, 2.24) is 4.90 Å². The first-order chi connectivity index (χ1) is 9.99. The lowest BCUT2D eigenvalue weighted by molar-refractivity contribution is -0.140. The highest BCUT2D eigenvalue weighted by atomic mass is 16.5. The van der Waals surface area contributed by atoms with E-state index in [-0.39, 0.29) is 6.03 Å². The Morgan fingerprint density at radius 2 is 1.95 bits per heavy atom. The predicted molar refractivity (Wildman–Crippen MR) is 78.5 cm³/mol. The lowest BCUT2D eigenvalue weighted by Crippen LogP contribution is -2.33. The van der Waals surface area contributed by atoms with Crippen molar-refractivity contribution in [3.63, 3.8) is 0 Å². The fourth-order valence-corrected chi connectivity index (χ4v) is 2.17. The van der Waals surface area contributed by atoms with Gasteiger partial charge in [0, 0.05) is 26.4 Å². The highest BCUT2D eigenvalue weighted by Crippen LogP contribution is 2.48. The molecule has 114 valence electrons. The Bertz CT molecular complexity index is 523. The van der Waals surface area contributed by atoms with Crippen LogP contribution in [0.25, 0.3) is 0 Å². The van der Waals surface area contributed by atoms with E-state index in [1.807, 2.05) is 0 Å². The highest BCUT2D eigenvalue weighted by molar-refractivity contribution is 5.89. The lowest BCUT2D eigenvalue weighted by atomic mass is 9.96. The van der Waals surface area contributed by atoms with E-state index in [9.17, 15) is 14.7 Å². The van der Waals surface area contributed by atoms with Crippen LogP contribution in [0.1, 0.15) is 18.4 Å². The second kappa shape index (κ2) is 6.13. The number of nitrogens with one attached hydrogen (secondary N) is 1. The number of hydrogen-bond donors (Lipinski definition) is 2. The van der Waals surface area contributed by atoms with Crippen molar-refractivity contribution in [2.75, 3.05) is 32.6 Å². The predicted octanol–water partition coefficient (Wildman–Crippen LogP) is 1.91. The Labute approximate surface area is 123 Å². The Morgan fingerprint density at radius 3 is 2.43 bits per heavy atom. The van der Waals surface area contributed by atoms with Gasteiger partial charge in [-0.3, -0.25) is 4.79 Å². The monoisotopic (exact) mass is 292 g/mol. The van der Waals surface area contributed by atoms with E-state index in [2.05, 4.69) is 5.32 Å². The molecule has 0 radical (unpaired) electrons. The first-order valence-corrected chi connectivity index (χ1v) is 6.84. The van der Waals surface area contributed by atoms with Crippen LogP contribution < -0.4 is 5.32 Å². The van der Waals surface area contributed by atoms with Crippen LogP contribution >= 0.6 is 0 Å². The number of likely N-dealkylation sites (N-methyl/N-ethyl adjacent to an activating group) is 1. The standard InChI is InChI=1S/C15H20N2O4/c1-17(9-10-21-2)14(20)16-12-5-3-11(4-6-12)15(7-8-15)13(18)19/h3-6H,7-10H2,1-2H3,(H,16,20)(H,18,19). The second-order valence-corrected chi connectivity index (χ2v) is 5.31. The molecule has 0 unspecified atom stereocenters. The first kappa shape index (κ1) is 15.3. The molecule has 6 nitrogen and oxygen atoms in total. The number of nitrogens with zero attached hydrogens (tertiary/aromatic N) is 1. The summed E-state index contributed by atoms with van der Waals surface area (Å²) in [6, 6.07) is 6.79. The molecular formula is C15H20N2O4. The summed E-state index contributed by atoms with van der Waals surface area (Å²) in [6.07, 6.45) is 1.35. The molecule has 2 rings (SSSR count). The Balaban J connectivity index is 1.97. The number of ether oxygens (including phenoxy) is 1. The molecule has 6 heteroatoms. The van der Waals surface area contributed by atoms with Gasteiger partial charge in [-0.2, -0.15) is 0 Å². The SMILES string of the molecule is COCCN(C)C(=O)Nc1ccc(C2(C(=O)O)CC2)cc1. The van der Waals surface area contributed by atoms with Crippen molar-refractivity contribution in [2.24, 2.45) is 0 Å². The molecule has 0 heterocycles. The molecule has 0 saturated heterocycles. The number of carboxylic acid groups (broad SMARTS) is 1. The largest absolute Gasteiger partial charge is 0.481 e. The van der Waals surface area contributed by atoms with E-state index in [4.69, 9.17) is 4.74 Å². The number of methoxy groups -OCH3 is 1. The van der Waals surface area contributed by atoms with Crippen molar-refractivity contribution < 1.29 is 19.4 Å². The van der Waals surface area contributed by atoms with Crippen LogP contribution in [-0.2, 0) is 14.9 Å². The topological polar surface area (TPSA) is 78.9 Å². The van der Waals surface area contributed by atoms with Gasteiger partial charge in [0.15, 0.2) is 0 Å². The average molecular weight is 292 g/mol. The number of hydrogen-bond acceptors (Lipinski definition) is 3. The molecule has 0 aliphatic heterocycles. The van der Waals surface area contributed by atoms with Crippen molar-refractivity contribution in [2.45, 2.75) is 18.3 Å². The quantitative estimate of drug-likeness (QED) is 0.839. The first-order valence-electron chi connectivity index (χ1n) is 6.84. The average Bonchev–Trinajstić information content (AvgIpc) is 3.27. The van der Waals surface area contributed by atoms with Gasteiger partial charge in [0.2, 0.25) is 0 Å². The number of rotatable bonds is 6. The molecule has 21 heavy (non-hydrogen) atoms. The number of carboxylic acids is 1. The van der Waals surface area contributed by atoms with Crippen molar-refractivity contribution in [1.29, 1.82) is 0 Å². The maximum absolute atomic E-state index is 11.9. The zero-order valence-electron chi connectivity index (χ0n) is 12.3. The minimum absolute atomic E-state index is 0.223. The summed E-state index contributed by atoms with van der Waals surface area (Å²) < 4.78 is 4.92. The lowest BCUT2D eigenvalue weighted by Gasteiger charge is -2.18. The van der Waals surface area contributed by atoms with E-state index in [0.29, 0.717) is 31.7 Å². The molecular weight excluding hydrogens is 272 g/mol. The Kier molecular flexibility index (Phi) is 4.47. The van der Waals surface area contributed by atoms with Crippen LogP contribution in [0.5, 0.6) is 0 Å². The van der Waals surface area contributed by atoms with Gasteiger partial charge in [-0.15, -0.1) is 0 Å². The summed E-state index contributed by atoms with van der Waals surface area (Å²) in [5.41, 5.74) is 0.729. The van der Waals surface area contributed by atoms with Crippen LogP contribution in [0.15, 0.2) is 24.3 Å². The second-order valence-electron chi connectivity index (χ2n) is 5.31. The number of amides is 2. The van der Waals surface area contributed by atoms with Crippen LogP contribution in [0.3, 0.4) is 0 Å². The molecule has 1 aliphatic rings. The highest BCUT2D eigenvalue weighted by Gasteiger charge is 2.51. The molecule has 1 fully saturated rings. The van der Waals surface area contributed by atoms with Crippen LogP contribution in [0.4, 0.5) is 10.5 Å². The molecule has 2 amide bonds. The fraction of sp³-hybridized carbons (Fsp3) is 0.467. The molecule has 2 N–H and O–H groups in total. The molecule has 0 spiro atoms. The molecule has 1 aliphatic carbocycles. The van der Waals surface area contributed by atoms with Gasteiger partial charge in [-0.05, 0) is 30.5 Å². The summed E-state index contributed by atoms with van der Waals surface area (Å²) in [7, 11) is 3.27. The van der Waals surface area contributed by atoms with Gasteiger partial charge in [0.25, 0.3) is 0 Å². The maximum atomic E-state index is 11.9. The minimum atomic E-state index is -0.779. The number of carbonyl (C=O) groups excluding carboxylic acids is 1. The van der Waals surface area contributed by atoms with Gasteiger partial charge in [-0.25, -0.2) is 4.79 Å². The molecule has 1 aromatic rings. The minimum Gasteiger partial charge on any atom is -0.481 e. The molecule has 0 bridgehead atoms. The maximum Gasteiger partial charge on any atom is 0.321 e. The van der Waals surface area contributed by atoms with Crippen LogP contribution in [-0.4, -0.2) is 49.3 Å². The number of benzene rings is 1. The summed E-state index contributed by atoms with van der Waals surface area (Å²) in [5, 5.41) is 12.0. The summed E-state index contributed by atoms with van der Waals surface area (Å²) in [6.45, 7) is 0.979. The zero-order valence-corrected chi connectivity index (χ0v) is 12.3. The third kappa shape index (κ3) is 3.33. The van der Waals surface area contributed by atoms with Crippen molar-refractivity contribution in [3.8, 4) is 0 Å². The molecule has 1 aromatic carbocycles. The molecule has 0 aromatic heterocycles. The van der Waals surface area contributed by atoms with Crippen molar-refractivity contribution in [3.05, 3.63) is 29.8 Å². The van der Waals surface area contributed by atoms with Gasteiger partial charge in [0.05, 0.1) is 12.0 Å². The van der Waals surface area contributed by atoms with E-state index in [1.54, 1.807) is 38.4 Å². The van der Waals surface area contributed by atoms with E-state index in [1.165, 1.54) is 4.90 Å². The summed E-state index contributed by atoms with van der Waals surface area (Å²) in [5.74, 6) is -0.779. The third-order valence-corrected chi connectivity index (χ3v) is 3.83. The van der Waals surface area contributed by atoms with Gasteiger partial charge in [-0.1, -0.05) is 12.1 Å². The number of urea groups is 1. The van der Waals surface area contributed by atoms with Crippen LogP contribution in [0, 0.1) is 0 Å². The molecule has 0 atom stereocenters. The van der Waals surface area contributed by atoms with E-state index in [0.717, 1.165) is 5.56 Å². The van der Waals surface area contributed by atoms with E-state index < -0.39 is 11.4 Å². The number of carbonyl (C=O) groups is 2. The number of aliphatic carboxylic acids is 1. The number of anilines is 1. The van der Waals surface area contributed by atoms with E-state index >= 15 is 0 Å². The van der Waals surface area contributed by atoms with Crippen molar-refractivity contribution >= 4 is 17.7 Å². The smallest absolute Gasteiger partial charge is 0.321 e. The Hall–Kier alpha value is -2.08. The summed E-state index contributed by atoms with van der Waals surface area (Å²) in [4.78, 5) is 24.7. The third-order valence-electron chi connectivity index (χ3n) is 3.83. The summed E-state index contributed by atoms with van der Waals surface area (Å²) >= 11 is 0. The fourth-order valence-electron chi connectivity index (χ4n) is 2.17. The molecule has 1 saturated carbocycles. The van der Waals surface area contributed by atoms with Gasteiger partial charge < -0.3 is 20.1 Å². The van der Waals surface area contributed by atoms with Gasteiger partial charge >= 0.3 is 12.0 Å². The Morgan fingerprint density at radius 1 is 1.33 bits per heavy atom.